The number of nitrogens with zero attached hydrogens (tertiary/aromatic N) is 3. The standard InChI is InChI=1S/C15H8N4O2/c16-6-9-5-12(17-7-9)15-18-14(19-21-15)11-8-20-13-4-2-1-3-10(11)13/h1-5,7-8,17H. The molecule has 0 unspecified atom stereocenters. The van der Waals surface area contributed by atoms with Crippen molar-refractivity contribution in [2.45, 2.75) is 0 Å². The Morgan fingerprint density at radius 2 is 2.14 bits per heavy atom. The molecule has 3 aromatic heterocycles. The second kappa shape index (κ2) is 4.35. The van der Waals surface area contributed by atoms with E-state index in [2.05, 4.69) is 15.1 Å². The molecule has 0 aliphatic rings. The fraction of sp³-hybridized carbons (Fsp3) is 0. The number of aromatic nitrogens is 3. The largest absolute Gasteiger partial charge is 0.464 e. The highest BCUT2D eigenvalue weighted by Crippen LogP contribution is 2.29. The van der Waals surface area contributed by atoms with Gasteiger partial charge in [-0.05, 0) is 12.1 Å². The van der Waals surface area contributed by atoms with Gasteiger partial charge in [0.1, 0.15) is 23.6 Å². The Bertz CT molecular complexity index is 971. The fourth-order valence-electron chi connectivity index (χ4n) is 2.18. The summed E-state index contributed by atoms with van der Waals surface area (Å²) in [5.41, 5.74) is 2.66. The van der Waals surface area contributed by atoms with E-state index in [1.807, 2.05) is 30.3 Å². The first-order valence-corrected chi connectivity index (χ1v) is 6.24. The Morgan fingerprint density at radius 1 is 1.24 bits per heavy atom. The van der Waals surface area contributed by atoms with E-state index >= 15 is 0 Å². The summed E-state index contributed by atoms with van der Waals surface area (Å²) >= 11 is 0. The molecule has 0 atom stereocenters. The highest BCUT2D eigenvalue weighted by Gasteiger charge is 2.16. The zero-order chi connectivity index (χ0) is 14.2. The number of nitriles is 1. The highest BCUT2D eigenvalue weighted by atomic mass is 16.5. The summed E-state index contributed by atoms with van der Waals surface area (Å²) in [5.74, 6) is 0.778. The molecule has 0 aliphatic heterocycles. The average molecular weight is 276 g/mol. The lowest BCUT2D eigenvalue weighted by Crippen LogP contribution is -1.79. The number of benzene rings is 1. The van der Waals surface area contributed by atoms with Gasteiger partial charge < -0.3 is 13.9 Å². The smallest absolute Gasteiger partial charge is 0.274 e. The zero-order valence-corrected chi connectivity index (χ0v) is 10.7. The molecule has 0 radical (unpaired) electrons. The normalized spacial score (nSPS) is 10.8. The Hall–Kier alpha value is -3.33. The van der Waals surface area contributed by atoms with Crippen LogP contribution in [0.1, 0.15) is 5.56 Å². The molecule has 0 amide bonds. The third-order valence-corrected chi connectivity index (χ3v) is 3.19. The van der Waals surface area contributed by atoms with Crippen molar-refractivity contribution in [3.05, 3.63) is 48.4 Å². The first kappa shape index (κ1) is 11.5. The van der Waals surface area contributed by atoms with E-state index in [4.69, 9.17) is 14.2 Å². The van der Waals surface area contributed by atoms with Crippen molar-refractivity contribution in [2.75, 3.05) is 0 Å². The number of para-hydroxylation sites is 1. The summed E-state index contributed by atoms with van der Waals surface area (Å²) in [5, 5.41) is 13.7. The summed E-state index contributed by atoms with van der Waals surface area (Å²) in [6.45, 7) is 0. The Balaban J connectivity index is 1.79. The van der Waals surface area contributed by atoms with E-state index in [1.165, 1.54) is 0 Å². The van der Waals surface area contributed by atoms with Gasteiger partial charge >= 0.3 is 0 Å². The van der Waals surface area contributed by atoms with Gasteiger partial charge in [-0.25, -0.2) is 0 Å². The molecule has 0 aliphatic carbocycles. The second-order valence-electron chi connectivity index (χ2n) is 4.48. The molecule has 4 aromatic rings. The minimum atomic E-state index is 0.330. The number of fused-ring (bicyclic) bond motifs is 1. The third-order valence-electron chi connectivity index (χ3n) is 3.19. The van der Waals surface area contributed by atoms with E-state index in [1.54, 1.807) is 18.5 Å². The highest BCUT2D eigenvalue weighted by molar-refractivity contribution is 5.91. The lowest BCUT2D eigenvalue weighted by atomic mass is 10.2. The van der Waals surface area contributed by atoms with Gasteiger partial charge in [0.05, 0.1) is 11.1 Å². The summed E-state index contributed by atoms with van der Waals surface area (Å²) in [6.07, 6.45) is 3.20. The maximum Gasteiger partial charge on any atom is 0.274 e. The molecule has 0 bridgehead atoms. The van der Waals surface area contributed by atoms with Crippen LogP contribution in [-0.4, -0.2) is 15.1 Å². The molecule has 0 saturated heterocycles. The van der Waals surface area contributed by atoms with Crippen LogP contribution < -0.4 is 0 Å². The van der Waals surface area contributed by atoms with Crippen molar-refractivity contribution in [1.29, 1.82) is 5.26 Å². The molecule has 1 N–H and O–H groups in total. The zero-order valence-electron chi connectivity index (χ0n) is 10.7. The number of hydrogen-bond donors (Lipinski definition) is 1. The SMILES string of the molecule is N#Cc1c[nH]c(-c2nc(-c3coc4ccccc34)no2)c1. The van der Waals surface area contributed by atoms with Crippen molar-refractivity contribution >= 4 is 11.0 Å². The molecule has 1 aromatic carbocycles. The Labute approximate surface area is 118 Å². The minimum absolute atomic E-state index is 0.330. The summed E-state index contributed by atoms with van der Waals surface area (Å²) in [4.78, 5) is 7.27. The van der Waals surface area contributed by atoms with Crippen LogP contribution >= 0.6 is 0 Å². The quantitative estimate of drug-likeness (QED) is 0.606. The van der Waals surface area contributed by atoms with E-state index in [-0.39, 0.29) is 0 Å². The van der Waals surface area contributed by atoms with E-state index in [0.29, 0.717) is 23.0 Å². The van der Waals surface area contributed by atoms with Gasteiger partial charge in [0.15, 0.2) is 0 Å². The fourth-order valence-corrected chi connectivity index (χ4v) is 2.18. The predicted molar refractivity (Wildman–Crippen MR) is 74.0 cm³/mol. The molecule has 0 spiro atoms. The summed E-state index contributed by atoms with van der Waals surface area (Å²) < 4.78 is 10.7. The van der Waals surface area contributed by atoms with Gasteiger partial charge in [-0.2, -0.15) is 10.2 Å². The molecule has 6 nitrogen and oxygen atoms in total. The monoisotopic (exact) mass is 276 g/mol. The number of nitrogens with one attached hydrogen (secondary N) is 1. The van der Waals surface area contributed by atoms with Gasteiger partial charge in [0.25, 0.3) is 5.89 Å². The topological polar surface area (TPSA) is 91.6 Å². The lowest BCUT2D eigenvalue weighted by molar-refractivity contribution is 0.431. The van der Waals surface area contributed by atoms with Crippen molar-refractivity contribution < 1.29 is 8.94 Å². The van der Waals surface area contributed by atoms with Gasteiger partial charge in [-0.1, -0.05) is 23.4 Å². The third kappa shape index (κ3) is 1.80. The Kier molecular flexibility index (Phi) is 2.38. The second-order valence-corrected chi connectivity index (χ2v) is 4.48. The van der Waals surface area contributed by atoms with Crippen LogP contribution in [0.3, 0.4) is 0 Å². The maximum absolute atomic E-state index is 8.82. The minimum Gasteiger partial charge on any atom is -0.464 e. The molecule has 3 heterocycles. The van der Waals surface area contributed by atoms with Crippen molar-refractivity contribution in [2.24, 2.45) is 0 Å². The van der Waals surface area contributed by atoms with Crippen LogP contribution in [0.5, 0.6) is 0 Å². The van der Waals surface area contributed by atoms with Crippen molar-refractivity contribution in [3.8, 4) is 29.0 Å². The van der Waals surface area contributed by atoms with Crippen molar-refractivity contribution in [1.82, 2.24) is 15.1 Å². The maximum atomic E-state index is 8.82. The first-order valence-electron chi connectivity index (χ1n) is 6.24. The van der Waals surface area contributed by atoms with Crippen LogP contribution in [-0.2, 0) is 0 Å². The Morgan fingerprint density at radius 3 is 3.00 bits per heavy atom. The molecular weight excluding hydrogens is 268 g/mol. The molecule has 4 rings (SSSR count). The number of hydrogen-bond acceptors (Lipinski definition) is 5. The van der Waals surface area contributed by atoms with Crippen LogP contribution in [0.4, 0.5) is 0 Å². The van der Waals surface area contributed by atoms with Gasteiger partial charge in [0, 0.05) is 11.6 Å². The van der Waals surface area contributed by atoms with E-state index < -0.39 is 0 Å². The van der Waals surface area contributed by atoms with E-state index in [9.17, 15) is 0 Å². The van der Waals surface area contributed by atoms with Gasteiger partial charge in [-0.3, -0.25) is 0 Å². The molecule has 6 heteroatoms. The van der Waals surface area contributed by atoms with Crippen LogP contribution in [0, 0.1) is 11.3 Å². The molecule has 100 valence electrons. The van der Waals surface area contributed by atoms with Gasteiger partial charge in [0.2, 0.25) is 5.82 Å². The van der Waals surface area contributed by atoms with Crippen LogP contribution in [0.2, 0.25) is 0 Å². The van der Waals surface area contributed by atoms with Crippen LogP contribution in [0.25, 0.3) is 33.9 Å². The lowest BCUT2D eigenvalue weighted by Gasteiger charge is -1.89. The van der Waals surface area contributed by atoms with Crippen LogP contribution in [0.15, 0.2) is 51.7 Å². The summed E-state index contributed by atoms with van der Waals surface area (Å²) in [6, 6.07) is 11.3. The van der Waals surface area contributed by atoms with Crippen molar-refractivity contribution in [3.63, 3.8) is 0 Å². The summed E-state index contributed by atoms with van der Waals surface area (Å²) in [7, 11) is 0. The van der Waals surface area contributed by atoms with Gasteiger partial charge in [-0.15, -0.1) is 0 Å². The predicted octanol–water partition coefficient (Wildman–Crippen LogP) is 3.35. The number of furan rings is 1. The number of aromatic amines is 1. The van der Waals surface area contributed by atoms with E-state index in [0.717, 1.165) is 16.5 Å². The molecular formula is C15H8N4O2. The molecule has 21 heavy (non-hydrogen) atoms. The first-order chi connectivity index (χ1) is 10.3. The number of rotatable bonds is 2. The molecule has 0 fully saturated rings. The number of H-pyrrole nitrogens is 1. The molecule has 0 saturated carbocycles. The average Bonchev–Trinajstić information content (AvgIpc) is 3.24.